The minimum absolute atomic E-state index is 0.0943. The summed E-state index contributed by atoms with van der Waals surface area (Å²) in [6, 6.07) is 3.21. The standard InChI is InChI=1S/C15H13ClFN5O4/c16-9-5-8(1-2-10(9)17)22-4-3-11(14(22)24)18-13(23)7-21-6-12(15(25)26)19-20-21/h1-2,5-6,11H,3-4,7H2,(H,18,23)(H,25,26). The zero-order chi connectivity index (χ0) is 18.8. The predicted molar refractivity (Wildman–Crippen MR) is 87.3 cm³/mol. The maximum absolute atomic E-state index is 13.2. The van der Waals surface area contributed by atoms with Gasteiger partial charge in [0, 0.05) is 12.2 Å². The Kier molecular flexibility index (Phi) is 4.85. The van der Waals surface area contributed by atoms with Crippen LogP contribution in [-0.2, 0) is 16.1 Å². The minimum atomic E-state index is -1.25. The Morgan fingerprint density at radius 3 is 2.85 bits per heavy atom. The summed E-state index contributed by atoms with van der Waals surface area (Å²) >= 11 is 5.74. The van der Waals surface area contributed by atoms with Crippen LogP contribution in [0.1, 0.15) is 16.9 Å². The molecule has 0 bridgehead atoms. The SMILES string of the molecule is O=C(Cn1cc(C(=O)O)nn1)NC1CCN(c2ccc(F)c(Cl)c2)C1=O. The maximum Gasteiger partial charge on any atom is 0.358 e. The van der Waals surface area contributed by atoms with Gasteiger partial charge in [0.25, 0.3) is 0 Å². The Hall–Kier alpha value is -3.01. The highest BCUT2D eigenvalue weighted by Gasteiger charge is 2.33. The second-order valence-corrected chi connectivity index (χ2v) is 6.01. The number of aromatic carboxylic acids is 1. The van der Waals surface area contributed by atoms with Crippen molar-refractivity contribution in [3.05, 3.63) is 40.9 Å². The second kappa shape index (κ2) is 7.08. The van der Waals surface area contributed by atoms with Crippen molar-refractivity contribution >= 4 is 35.1 Å². The van der Waals surface area contributed by atoms with E-state index < -0.39 is 23.7 Å². The van der Waals surface area contributed by atoms with Crippen molar-refractivity contribution in [3.63, 3.8) is 0 Å². The zero-order valence-electron chi connectivity index (χ0n) is 13.2. The fraction of sp³-hybridized carbons (Fsp3) is 0.267. The van der Waals surface area contributed by atoms with Crippen molar-refractivity contribution in [2.24, 2.45) is 0 Å². The Morgan fingerprint density at radius 2 is 2.19 bits per heavy atom. The van der Waals surface area contributed by atoms with Gasteiger partial charge in [-0.3, -0.25) is 9.59 Å². The third-order valence-corrected chi connectivity index (χ3v) is 4.11. The molecule has 9 nitrogen and oxygen atoms in total. The third-order valence-electron chi connectivity index (χ3n) is 3.82. The van der Waals surface area contributed by atoms with Crippen LogP contribution < -0.4 is 10.2 Å². The number of carboxylic acid groups (broad SMARTS) is 1. The number of hydrogen-bond acceptors (Lipinski definition) is 5. The highest BCUT2D eigenvalue weighted by Crippen LogP contribution is 2.26. The van der Waals surface area contributed by atoms with Crippen LogP contribution in [0.25, 0.3) is 0 Å². The lowest BCUT2D eigenvalue weighted by Gasteiger charge is -2.17. The lowest BCUT2D eigenvalue weighted by atomic mass is 10.2. The Labute approximate surface area is 151 Å². The smallest absolute Gasteiger partial charge is 0.358 e. The van der Waals surface area contributed by atoms with Crippen molar-refractivity contribution in [1.82, 2.24) is 20.3 Å². The zero-order valence-corrected chi connectivity index (χ0v) is 14.0. The second-order valence-electron chi connectivity index (χ2n) is 5.60. The molecule has 11 heteroatoms. The molecule has 2 amide bonds. The molecule has 1 saturated heterocycles. The van der Waals surface area contributed by atoms with Crippen LogP contribution in [0.2, 0.25) is 5.02 Å². The van der Waals surface area contributed by atoms with Gasteiger partial charge in [-0.2, -0.15) is 0 Å². The minimum Gasteiger partial charge on any atom is -0.476 e. The fourth-order valence-electron chi connectivity index (χ4n) is 2.58. The van der Waals surface area contributed by atoms with Gasteiger partial charge in [-0.1, -0.05) is 16.8 Å². The van der Waals surface area contributed by atoms with Gasteiger partial charge in [-0.05, 0) is 24.6 Å². The highest BCUT2D eigenvalue weighted by molar-refractivity contribution is 6.31. The first-order valence-corrected chi connectivity index (χ1v) is 7.92. The van der Waals surface area contributed by atoms with Crippen molar-refractivity contribution in [3.8, 4) is 0 Å². The number of aromatic nitrogens is 3. The first-order chi connectivity index (χ1) is 12.3. The molecule has 1 aromatic heterocycles. The maximum atomic E-state index is 13.2. The number of carbonyl (C=O) groups is 3. The monoisotopic (exact) mass is 381 g/mol. The van der Waals surface area contributed by atoms with Gasteiger partial charge in [0.2, 0.25) is 11.8 Å². The normalized spacial score (nSPS) is 16.8. The number of carbonyl (C=O) groups excluding carboxylic acids is 2. The summed E-state index contributed by atoms with van der Waals surface area (Å²) in [6.45, 7) is 0.0741. The summed E-state index contributed by atoms with van der Waals surface area (Å²) in [4.78, 5) is 36.6. The number of rotatable bonds is 5. The Morgan fingerprint density at radius 1 is 1.42 bits per heavy atom. The lowest BCUT2D eigenvalue weighted by Crippen LogP contribution is -2.42. The van der Waals surface area contributed by atoms with E-state index in [2.05, 4.69) is 15.6 Å². The van der Waals surface area contributed by atoms with E-state index in [1.807, 2.05) is 0 Å². The molecule has 0 spiro atoms. The Balaban J connectivity index is 1.61. The number of nitrogens with one attached hydrogen (secondary N) is 1. The van der Waals surface area contributed by atoms with Crippen molar-refractivity contribution < 1.29 is 23.9 Å². The molecule has 0 saturated carbocycles. The van der Waals surface area contributed by atoms with E-state index >= 15 is 0 Å². The fourth-order valence-corrected chi connectivity index (χ4v) is 2.76. The number of nitrogens with zero attached hydrogens (tertiary/aromatic N) is 4. The van der Waals surface area contributed by atoms with Crippen LogP contribution >= 0.6 is 11.6 Å². The molecule has 0 aliphatic carbocycles. The van der Waals surface area contributed by atoms with E-state index in [1.165, 1.54) is 23.1 Å². The van der Waals surface area contributed by atoms with Gasteiger partial charge < -0.3 is 15.3 Å². The summed E-state index contributed by atoms with van der Waals surface area (Å²) in [6.07, 6.45) is 1.49. The van der Waals surface area contributed by atoms with Crippen LogP contribution in [0.15, 0.2) is 24.4 Å². The quantitative estimate of drug-likeness (QED) is 0.786. The highest BCUT2D eigenvalue weighted by atomic mass is 35.5. The van der Waals surface area contributed by atoms with Gasteiger partial charge in [-0.25, -0.2) is 13.9 Å². The molecule has 1 fully saturated rings. The summed E-state index contributed by atoms with van der Waals surface area (Å²) < 4.78 is 14.3. The molecule has 1 unspecified atom stereocenters. The largest absolute Gasteiger partial charge is 0.476 e. The van der Waals surface area contributed by atoms with Crippen LogP contribution in [0.5, 0.6) is 0 Å². The number of hydrogen-bond donors (Lipinski definition) is 2. The van der Waals surface area contributed by atoms with Crippen LogP contribution in [0.4, 0.5) is 10.1 Å². The molecule has 136 valence electrons. The van der Waals surface area contributed by atoms with E-state index in [0.29, 0.717) is 18.7 Å². The van der Waals surface area contributed by atoms with Gasteiger partial charge >= 0.3 is 5.97 Å². The van der Waals surface area contributed by atoms with Crippen molar-refractivity contribution in [2.45, 2.75) is 19.0 Å². The summed E-state index contributed by atoms with van der Waals surface area (Å²) in [5.74, 6) is -2.69. The third kappa shape index (κ3) is 3.64. The van der Waals surface area contributed by atoms with E-state index in [1.54, 1.807) is 0 Å². The molecule has 26 heavy (non-hydrogen) atoms. The first kappa shape index (κ1) is 17.8. The first-order valence-electron chi connectivity index (χ1n) is 7.54. The average molecular weight is 382 g/mol. The molecule has 2 heterocycles. The van der Waals surface area contributed by atoms with Crippen LogP contribution in [-0.4, -0.2) is 50.5 Å². The summed E-state index contributed by atoms with van der Waals surface area (Å²) in [5.41, 5.74) is 0.162. The van der Waals surface area contributed by atoms with Crippen molar-refractivity contribution in [1.29, 1.82) is 0 Å². The molecule has 2 aromatic rings. The molecule has 1 atom stereocenters. The van der Waals surface area contributed by atoms with Gasteiger partial charge in [0.15, 0.2) is 5.69 Å². The predicted octanol–water partition coefficient (Wildman–Crippen LogP) is 0.691. The van der Waals surface area contributed by atoms with E-state index in [4.69, 9.17) is 16.7 Å². The average Bonchev–Trinajstić information content (AvgIpc) is 3.18. The summed E-state index contributed by atoms with van der Waals surface area (Å²) in [5, 5.41) is 18.2. The molecular weight excluding hydrogens is 369 g/mol. The molecular formula is C15H13ClFN5O4. The number of anilines is 1. The topological polar surface area (TPSA) is 117 Å². The number of halogens is 2. The lowest BCUT2D eigenvalue weighted by molar-refractivity contribution is -0.127. The van der Waals surface area contributed by atoms with Gasteiger partial charge in [-0.15, -0.1) is 5.10 Å². The van der Waals surface area contributed by atoms with Gasteiger partial charge in [0.05, 0.1) is 11.2 Å². The van der Waals surface area contributed by atoms with Crippen LogP contribution in [0.3, 0.4) is 0 Å². The molecule has 0 radical (unpaired) electrons. The number of amides is 2. The van der Waals surface area contributed by atoms with Gasteiger partial charge in [0.1, 0.15) is 18.4 Å². The molecule has 2 N–H and O–H groups in total. The molecule has 1 aromatic carbocycles. The Bertz CT molecular complexity index is 887. The number of benzene rings is 1. The van der Waals surface area contributed by atoms with E-state index in [-0.39, 0.29) is 23.2 Å². The molecule has 1 aliphatic heterocycles. The molecule has 3 rings (SSSR count). The van der Waals surface area contributed by atoms with Crippen molar-refractivity contribution in [2.75, 3.05) is 11.4 Å². The molecule has 1 aliphatic rings. The van der Waals surface area contributed by atoms with Crippen LogP contribution in [0, 0.1) is 5.82 Å². The van der Waals surface area contributed by atoms with E-state index in [9.17, 15) is 18.8 Å². The summed E-state index contributed by atoms with van der Waals surface area (Å²) in [7, 11) is 0. The van der Waals surface area contributed by atoms with E-state index in [0.717, 1.165) is 10.9 Å². The number of carboxylic acids is 1.